The number of amides is 1. The van der Waals surface area contributed by atoms with E-state index in [0.717, 1.165) is 19.3 Å². The van der Waals surface area contributed by atoms with Crippen molar-refractivity contribution < 1.29 is 14.3 Å². The van der Waals surface area contributed by atoms with Crippen LogP contribution in [0.15, 0.2) is 33.5 Å². The minimum absolute atomic E-state index is 0.0238. The first-order valence-corrected chi connectivity index (χ1v) is 6.71. The van der Waals surface area contributed by atoms with Gasteiger partial charge in [-0.2, -0.15) is 0 Å². The van der Waals surface area contributed by atoms with Crippen molar-refractivity contribution in [3.8, 4) is 5.75 Å². The zero-order valence-corrected chi connectivity index (χ0v) is 11.0. The lowest BCUT2D eigenvalue weighted by molar-refractivity contribution is 0.0720. The minimum Gasteiger partial charge on any atom is -0.508 e. The number of rotatable bonds is 1. The molecule has 0 atom stereocenters. The Hall–Kier alpha value is -2.30. The molecule has 3 rings (SSSR count). The first kappa shape index (κ1) is 12.7. The van der Waals surface area contributed by atoms with E-state index in [-0.39, 0.29) is 22.8 Å². The number of likely N-dealkylation sites (tertiary alicyclic amines) is 1. The molecule has 1 saturated heterocycles. The Bertz CT molecular complexity index is 713. The largest absolute Gasteiger partial charge is 0.508 e. The molecule has 1 aromatic heterocycles. The summed E-state index contributed by atoms with van der Waals surface area (Å²) in [5.41, 5.74) is -0.311. The van der Waals surface area contributed by atoms with Crippen LogP contribution in [0.5, 0.6) is 5.75 Å². The van der Waals surface area contributed by atoms with Crippen LogP contribution in [-0.2, 0) is 0 Å². The van der Waals surface area contributed by atoms with Gasteiger partial charge in [0.05, 0.1) is 0 Å². The van der Waals surface area contributed by atoms with Gasteiger partial charge in [0.15, 0.2) is 0 Å². The van der Waals surface area contributed by atoms with E-state index < -0.39 is 5.63 Å². The fourth-order valence-corrected chi connectivity index (χ4v) is 2.52. The van der Waals surface area contributed by atoms with Crippen molar-refractivity contribution in [2.45, 2.75) is 19.3 Å². The Balaban J connectivity index is 2.02. The van der Waals surface area contributed by atoms with Crippen LogP contribution in [0.3, 0.4) is 0 Å². The third kappa shape index (κ3) is 2.27. The van der Waals surface area contributed by atoms with Crippen LogP contribution in [-0.4, -0.2) is 29.0 Å². The van der Waals surface area contributed by atoms with Gasteiger partial charge in [0.1, 0.15) is 16.9 Å². The topological polar surface area (TPSA) is 70.7 Å². The molecule has 2 aromatic rings. The van der Waals surface area contributed by atoms with Crippen LogP contribution in [0.4, 0.5) is 0 Å². The second-order valence-corrected chi connectivity index (χ2v) is 5.02. The van der Waals surface area contributed by atoms with Crippen molar-refractivity contribution in [1.82, 2.24) is 4.90 Å². The van der Waals surface area contributed by atoms with Crippen LogP contribution >= 0.6 is 0 Å². The number of piperidine rings is 1. The molecule has 0 radical (unpaired) electrons. The van der Waals surface area contributed by atoms with Crippen molar-refractivity contribution in [2.24, 2.45) is 0 Å². The molecular formula is C15H15NO4. The number of hydrogen-bond acceptors (Lipinski definition) is 4. The highest BCUT2D eigenvalue weighted by Gasteiger charge is 2.22. The predicted octanol–water partition coefficient (Wildman–Crippen LogP) is 2.12. The normalized spacial score (nSPS) is 15.5. The number of fused-ring (bicyclic) bond motifs is 1. The second-order valence-electron chi connectivity index (χ2n) is 5.02. The number of phenols is 1. The number of hydrogen-bond donors (Lipinski definition) is 1. The Morgan fingerprint density at radius 1 is 1.15 bits per heavy atom. The Morgan fingerprint density at radius 2 is 1.90 bits per heavy atom. The number of aromatic hydroxyl groups is 1. The second kappa shape index (κ2) is 5.00. The summed E-state index contributed by atoms with van der Waals surface area (Å²) in [6.07, 6.45) is 3.06. The summed E-state index contributed by atoms with van der Waals surface area (Å²) < 4.78 is 5.12. The maximum absolute atomic E-state index is 12.3. The van der Waals surface area contributed by atoms with E-state index >= 15 is 0 Å². The lowest BCUT2D eigenvalue weighted by atomic mass is 10.1. The van der Waals surface area contributed by atoms with Gasteiger partial charge in [-0.05, 0) is 37.5 Å². The van der Waals surface area contributed by atoms with E-state index in [0.29, 0.717) is 18.5 Å². The maximum Gasteiger partial charge on any atom is 0.349 e. The van der Waals surface area contributed by atoms with Crippen molar-refractivity contribution in [1.29, 1.82) is 0 Å². The fraction of sp³-hybridized carbons (Fsp3) is 0.333. The summed E-state index contributed by atoms with van der Waals surface area (Å²) in [6, 6.07) is 6.03. The zero-order valence-electron chi connectivity index (χ0n) is 11.0. The number of carbonyl (C=O) groups excluding carboxylic acids is 1. The fourth-order valence-electron chi connectivity index (χ4n) is 2.52. The standard InChI is InChI=1S/C15H15NO4/c17-11-5-4-10-8-12(15(19)20-13(10)9-11)14(18)16-6-2-1-3-7-16/h4-5,8-9,17H,1-3,6-7H2. The molecule has 0 unspecified atom stereocenters. The number of carbonyl (C=O) groups is 1. The molecule has 0 saturated carbocycles. The van der Waals surface area contributed by atoms with Crippen molar-refractivity contribution in [3.05, 3.63) is 40.2 Å². The molecule has 20 heavy (non-hydrogen) atoms. The first-order chi connectivity index (χ1) is 9.65. The monoisotopic (exact) mass is 273 g/mol. The van der Waals surface area contributed by atoms with Gasteiger partial charge in [-0.25, -0.2) is 4.79 Å². The Kier molecular flexibility index (Phi) is 3.18. The highest BCUT2D eigenvalue weighted by atomic mass is 16.4. The molecule has 5 nitrogen and oxygen atoms in total. The highest BCUT2D eigenvalue weighted by Crippen LogP contribution is 2.20. The van der Waals surface area contributed by atoms with E-state index in [1.165, 1.54) is 18.2 Å². The molecule has 2 heterocycles. The van der Waals surface area contributed by atoms with Gasteiger partial charge in [0.25, 0.3) is 5.91 Å². The number of benzene rings is 1. The van der Waals surface area contributed by atoms with Gasteiger partial charge in [0, 0.05) is 24.5 Å². The average molecular weight is 273 g/mol. The molecule has 1 aliphatic heterocycles. The van der Waals surface area contributed by atoms with E-state index in [4.69, 9.17) is 4.42 Å². The molecule has 104 valence electrons. The minimum atomic E-state index is -0.654. The molecular weight excluding hydrogens is 258 g/mol. The average Bonchev–Trinajstić information content (AvgIpc) is 2.46. The van der Waals surface area contributed by atoms with Gasteiger partial charge in [-0.15, -0.1) is 0 Å². The number of phenolic OH excluding ortho intramolecular Hbond substituents is 1. The van der Waals surface area contributed by atoms with Crippen LogP contribution in [0.25, 0.3) is 11.0 Å². The van der Waals surface area contributed by atoms with Crippen molar-refractivity contribution in [2.75, 3.05) is 13.1 Å². The van der Waals surface area contributed by atoms with E-state index in [1.807, 2.05) is 0 Å². The molecule has 1 aromatic carbocycles. The highest BCUT2D eigenvalue weighted by molar-refractivity contribution is 5.96. The van der Waals surface area contributed by atoms with Gasteiger partial charge >= 0.3 is 5.63 Å². The van der Waals surface area contributed by atoms with Gasteiger partial charge < -0.3 is 14.4 Å². The van der Waals surface area contributed by atoms with Crippen LogP contribution in [0, 0.1) is 0 Å². The molecule has 1 amide bonds. The lowest BCUT2D eigenvalue weighted by Crippen LogP contribution is -2.37. The summed E-state index contributed by atoms with van der Waals surface area (Å²) in [7, 11) is 0. The molecule has 1 aliphatic rings. The Morgan fingerprint density at radius 3 is 2.65 bits per heavy atom. The molecule has 0 aliphatic carbocycles. The SMILES string of the molecule is O=C(c1cc2ccc(O)cc2oc1=O)N1CCCCC1. The van der Waals surface area contributed by atoms with Gasteiger partial charge in [0.2, 0.25) is 0 Å². The lowest BCUT2D eigenvalue weighted by Gasteiger charge is -2.26. The van der Waals surface area contributed by atoms with Gasteiger partial charge in [-0.3, -0.25) is 4.79 Å². The third-order valence-electron chi connectivity index (χ3n) is 3.59. The summed E-state index contributed by atoms with van der Waals surface area (Å²) in [6.45, 7) is 1.37. The number of nitrogens with zero attached hydrogens (tertiary/aromatic N) is 1. The summed E-state index contributed by atoms with van der Waals surface area (Å²) in [5.74, 6) is -0.246. The van der Waals surface area contributed by atoms with Gasteiger partial charge in [-0.1, -0.05) is 0 Å². The first-order valence-electron chi connectivity index (χ1n) is 6.71. The summed E-state index contributed by atoms with van der Waals surface area (Å²) >= 11 is 0. The predicted molar refractivity (Wildman–Crippen MR) is 73.9 cm³/mol. The molecule has 0 bridgehead atoms. The Labute approximate surface area is 115 Å². The maximum atomic E-state index is 12.3. The molecule has 5 heteroatoms. The van der Waals surface area contributed by atoms with E-state index in [2.05, 4.69) is 0 Å². The zero-order chi connectivity index (χ0) is 14.1. The molecule has 1 N–H and O–H groups in total. The molecule has 0 spiro atoms. The van der Waals surface area contributed by atoms with Crippen LogP contribution in [0.1, 0.15) is 29.6 Å². The van der Waals surface area contributed by atoms with Crippen molar-refractivity contribution in [3.63, 3.8) is 0 Å². The third-order valence-corrected chi connectivity index (χ3v) is 3.59. The van der Waals surface area contributed by atoms with E-state index in [1.54, 1.807) is 11.0 Å². The molecule has 1 fully saturated rings. The summed E-state index contributed by atoms with van der Waals surface area (Å²) in [4.78, 5) is 26.0. The van der Waals surface area contributed by atoms with Crippen LogP contribution in [0.2, 0.25) is 0 Å². The van der Waals surface area contributed by atoms with Crippen LogP contribution < -0.4 is 5.63 Å². The quantitative estimate of drug-likeness (QED) is 0.808. The van der Waals surface area contributed by atoms with Crippen molar-refractivity contribution >= 4 is 16.9 Å². The smallest absolute Gasteiger partial charge is 0.349 e. The summed E-state index contributed by atoms with van der Waals surface area (Å²) in [5, 5.41) is 9.99. The van der Waals surface area contributed by atoms with E-state index in [9.17, 15) is 14.7 Å².